The Kier molecular flexibility index (Phi) is 6.32. The van der Waals surface area contributed by atoms with E-state index in [1.54, 1.807) is 0 Å². The molecular formula is C16H22N4O4S2. The molecule has 142 valence electrons. The SMILES string of the molecule is CC(=O)Nc1nnc(S(=O)(=O)NCCOc2ccc(C(C)(C)C)cc2)s1. The topological polar surface area (TPSA) is 110 Å². The average molecular weight is 399 g/mol. The second-order valence-electron chi connectivity index (χ2n) is 6.57. The van der Waals surface area contributed by atoms with Gasteiger partial charge in [0.1, 0.15) is 12.4 Å². The molecular weight excluding hydrogens is 376 g/mol. The molecule has 0 radical (unpaired) electrons. The maximum Gasteiger partial charge on any atom is 0.269 e. The van der Waals surface area contributed by atoms with Crippen LogP contribution in [0.15, 0.2) is 28.6 Å². The summed E-state index contributed by atoms with van der Waals surface area (Å²) in [4.78, 5) is 10.9. The van der Waals surface area contributed by atoms with Crippen LogP contribution in [0.5, 0.6) is 5.75 Å². The number of ether oxygens (including phenoxy) is 1. The lowest BCUT2D eigenvalue weighted by Gasteiger charge is -2.19. The first-order chi connectivity index (χ1) is 12.1. The molecule has 0 spiro atoms. The van der Waals surface area contributed by atoms with Crippen LogP contribution in [0, 0.1) is 0 Å². The number of anilines is 1. The van der Waals surface area contributed by atoms with Gasteiger partial charge in [-0.2, -0.15) is 0 Å². The smallest absolute Gasteiger partial charge is 0.269 e. The highest BCUT2D eigenvalue weighted by atomic mass is 32.2. The standard InChI is InChI=1S/C16H22N4O4S2/c1-11(21)18-14-19-20-15(25-14)26(22,23)17-9-10-24-13-7-5-12(6-8-13)16(2,3)4/h5-8,17H,9-10H2,1-4H3,(H,18,19,21). The highest BCUT2D eigenvalue weighted by molar-refractivity contribution is 7.91. The van der Waals surface area contributed by atoms with Gasteiger partial charge >= 0.3 is 0 Å². The van der Waals surface area contributed by atoms with Gasteiger partial charge in [-0.15, -0.1) is 10.2 Å². The molecule has 26 heavy (non-hydrogen) atoms. The van der Waals surface area contributed by atoms with Crippen molar-refractivity contribution >= 4 is 32.4 Å². The quantitative estimate of drug-likeness (QED) is 0.546. The summed E-state index contributed by atoms with van der Waals surface area (Å²) in [7, 11) is -3.79. The molecule has 0 aliphatic carbocycles. The molecule has 1 aromatic carbocycles. The van der Waals surface area contributed by atoms with Crippen molar-refractivity contribution in [2.75, 3.05) is 18.5 Å². The predicted molar refractivity (Wildman–Crippen MR) is 100 cm³/mol. The fourth-order valence-electron chi connectivity index (χ4n) is 1.98. The molecule has 2 rings (SSSR count). The molecule has 0 saturated carbocycles. The first-order valence-corrected chi connectivity index (χ1v) is 10.2. The Balaban J connectivity index is 1.85. The molecule has 2 aromatic rings. The van der Waals surface area contributed by atoms with E-state index in [4.69, 9.17) is 4.74 Å². The molecule has 0 atom stereocenters. The average Bonchev–Trinajstić information content (AvgIpc) is 3.00. The van der Waals surface area contributed by atoms with Crippen LogP contribution >= 0.6 is 11.3 Å². The van der Waals surface area contributed by atoms with Crippen LogP contribution in [-0.4, -0.2) is 37.7 Å². The number of hydrogen-bond donors (Lipinski definition) is 2. The summed E-state index contributed by atoms with van der Waals surface area (Å²) < 4.78 is 32.0. The Morgan fingerprint density at radius 1 is 1.19 bits per heavy atom. The zero-order chi connectivity index (χ0) is 19.4. The minimum Gasteiger partial charge on any atom is -0.492 e. The lowest BCUT2D eigenvalue weighted by molar-refractivity contribution is -0.114. The van der Waals surface area contributed by atoms with Crippen molar-refractivity contribution in [1.29, 1.82) is 0 Å². The van der Waals surface area contributed by atoms with Crippen LogP contribution in [0.3, 0.4) is 0 Å². The van der Waals surface area contributed by atoms with E-state index in [2.05, 4.69) is 41.0 Å². The highest BCUT2D eigenvalue weighted by Crippen LogP contribution is 2.24. The molecule has 0 saturated heterocycles. The fraction of sp³-hybridized carbons (Fsp3) is 0.438. The Hall–Kier alpha value is -2.04. The summed E-state index contributed by atoms with van der Waals surface area (Å²) in [5.74, 6) is 0.324. The summed E-state index contributed by atoms with van der Waals surface area (Å²) in [6, 6.07) is 7.70. The maximum atomic E-state index is 12.1. The largest absolute Gasteiger partial charge is 0.492 e. The van der Waals surface area contributed by atoms with Crippen molar-refractivity contribution in [2.24, 2.45) is 0 Å². The number of carbonyl (C=O) groups excluding carboxylic acids is 1. The van der Waals surface area contributed by atoms with Gasteiger partial charge in [0, 0.05) is 13.5 Å². The lowest BCUT2D eigenvalue weighted by atomic mass is 9.87. The molecule has 2 N–H and O–H groups in total. The summed E-state index contributed by atoms with van der Waals surface area (Å²) in [5, 5.41) is 9.71. The van der Waals surface area contributed by atoms with Crippen molar-refractivity contribution in [2.45, 2.75) is 37.4 Å². The zero-order valence-electron chi connectivity index (χ0n) is 15.1. The number of sulfonamides is 1. The van der Waals surface area contributed by atoms with Gasteiger partial charge in [-0.05, 0) is 23.1 Å². The van der Waals surface area contributed by atoms with Gasteiger partial charge in [0.25, 0.3) is 10.0 Å². The molecule has 10 heteroatoms. The van der Waals surface area contributed by atoms with Crippen LogP contribution in [0.25, 0.3) is 0 Å². The van der Waals surface area contributed by atoms with Gasteiger partial charge in [0.2, 0.25) is 15.4 Å². The third-order valence-corrected chi connectivity index (χ3v) is 5.97. The highest BCUT2D eigenvalue weighted by Gasteiger charge is 2.20. The zero-order valence-corrected chi connectivity index (χ0v) is 16.7. The van der Waals surface area contributed by atoms with Crippen LogP contribution in [0.4, 0.5) is 5.13 Å². The van der Waals surface area contributed by atoms with Crippen molar-refractivity contribution in [3.63, 3.8) is 0 Å². The van der Waals surface area contributed by atoms with E-state index in [0.717, 1.165) is 11.3 Å². The Bertz CT molecular complexity index is 855. The number of rotatable bonds is 7. The predicted octanol–water partition coefficient (Wildman–Crippen LogP) is 2.15. The number of nitrogens with one attached hydrogen (secondary N) is 2. The number of amides is 1. The van der Waals surface area contributed by atoms with Crippen LogP contribution < -0.4 is 14.8 Å². The maximum absolute atomic E-state index is 12.1. The van der Waals surface area contributed by atoms with E-state index in [1.165, 1.54) is 12.5 Å². The van der Waals surface area contributed by atoms with Gasteiger partial charge in [0.15, 0.2) is 0 Å². The summed E-state index contributed by atoms with van der Waals surface area (Å²) in [6.45, 7) is 7.94. The lowest BCUT2D eigenvalue weighted by Crippen LogP contribution is -2.28. The molecule has 1 amide bonds. The second-order valence-corrected chi connectivity index (χ2v) is 9.49. The number of nitrogens with zero attached hydrogens (tertiary/aromatic N) is 2. The third-order valence-electron chi connectivity index (χ3n) is 3.30. The van der Waals surface area contributed by atoms with E-state index < -0.39 is 10.0 Å². The van der Waals surface area contributed by atoms with Crippen molar-refractivity contribution < 1.29 is 17.9 Å². The van der Waals surface area contributed by atoms with Gasteiger partial charge in [-0.3, -0.25) is 4.79 Å². The van der Waals surface area contributed by atoms with E-state index in [-0.39, 0.29) is 33.9 Å². The van der Waals surface area contributed by atoms with Crippen LogP contribution in [0.1, 0.15) is 33.3 Å². The molecule has 1 heterocycles. The molecule has 0 bridgehead atoms. The number of hydrogen-bond acceptors (Lipinski definition) is 7. The molecule has 8 nitrogen and oxygen atoms in total. The van der Waals surface area contributed by atoms with Gasteiger partial charge < -0.3 is 10.1 Å². The Morgan fingerprint density at radius 3 is 2.42 bits per heavy atom. The normalized spacial score (nSPS) is 12.0. The van der Waals surface area contributed by atoms with Gasteiger partial charge in [0.05, 0.1) is 0 Å². The molecule has 0 aliphatic heterocycles. The molecule has 1 aromatic heterocycles. The fourth-order valence-corrected chi connectivity index (χ4v) is 3.98. The monoisotopic (exact) mass is 398 g/mol. The van der Waals surface area contributed by atoms with Crippen LogP contribution in [-0.2, 0) is 20.2 Å². The van der Waals surface area contributed by atoms with E-state index in [0.29, 0.717) is 5.75 Å². The van der Waals surface area contributed by atoms with E-state index in [9.17, 15) is 13.2 Å². The number of aromatic nitrogens is 2. The van der Waals surface area contributed by atoms with Gasteiger partial charge in [-0.1, -0.05) is 44.2 Å². The minimum atomic E-state index is -3.79. The van der Waals surface area contributed by atoms with Crippen molar-refractivity contribution in [3.05, 3.63) is 29.8 Å². The molecule has 0 fully saturated rings. The molecule has 0 aliphatic rings. The number of carbonyl (C=O) groups is 1. The first kappa shape index (κ1) is 20.3. The second kappa shape index (κ2) is 8.11. The van der Waals surface area contributed by atoms with Crippen molar-refractivity contribution in [3.8, 4) is 5.75 Å². The minimum absolute atomic E-state index is 0.0615. The third kappa shape index (κ3) is 5.75. The summed E-state index contributed by atoms with van der Waals surface area (Å²) in [6.07, 6.45) is 0. The van der Waals surface area contributed by atoms with Gasteiger partial charge in [-0.25, -0.2) is 13.1 Å². The van der Waals surface area contributed by atoms with E-state index >= 15 is 0 Å². The van der Waals surface area contributed by atoms with Crippen LogP contribution in [0.2, 0.25) is 0 Å². The summed E-state index contributed by atoms with van der Waals surface area (Å²) >= 11 is 0.781. The Labute approximate surface area is 157 Å². The Morgan fingerprint density at radius 2 is 1.85 bits per heavy atom. The summed E-state index contributed by atoms with van der Waals surface area (Å²) in [5.41, 5.74) is 1.25. The van der Waals surface area contributed by atoms with Crippen molar-refractivity contribution in [1.82, 2.24) is 14.9 Å². The number of benzene rings is 1. The first-order valence-electron chi connectivity index (χ1n) is 7.92. The molecule has 0 unspecified atom stereocenters. The van der Waals surface area contributed by atoms with E-state index in [1.807, 2.05) is 24.3 Å².